The van der Waals surface area contributed by atoms with Crippen molar-refractivity contribution in [2.45, 2.75) is 31.7 Å². The molecule has 0 saturated heterocycles. The van der Waals surface area contributed by atoms with Crippen LogP contribution in [0.5, 0.6) is 0 Å². The number of benzene rings is 3. The largest absolute Gasteiger partial charge is 0.481 e. The van der Waals surface area contributed by atoms with E-state index in [0.717, 1.165) is 22.3 Å². The second-order valence-corrected chi connectivity index (χ2v) is 9.03. The summed E-state index contributed by atoms with van der Waals surface area (Å²) in [4.78, 5) is 36.0. The third-order valence-corrected chi connectivity index (χ3v) is 5.87. The van der Waals surface area contributed by atoms with Crippen molar-refractivity contribution in [3.05, 3.63) is 89.2 Å². The van der Waals surface area contributed by atoms with Crippen molar-refractivity contribution >= 4 is 23.7 Å². The van der Waals surface area contributed by atoms with Crippen LogP contribution in [0.1, 0.15) is 47.7 Å². The van der Waals surface area contributed by atoms with Crippen molar-refractivity contribution < 1.29 is 28.6 Å². The topological polar surface area (TPSA) is 105 Å². The van der Waals surface area contributed by atoms with E-state index < -0.39 is 29.3 Å². The van der Waals surface area contributed by atoms with Gasteiger partial charge >= 0.3 is 12.1 Å². The maximum Gasteiger partial charge on any atom is 0.411 e. The Balaban J connectivity index is 1.44. The molecule has 0 spiro atoms. The number of halogens is 1. The first-order chi connectivity index (χ1) is 16.7. The number of carboxylic acids is 1. The molecule has 35 heavy (non-hydrogen) atoms. The fourth-order valence-electron chi connectivity index (χ4n) is 4.35. The van der Waals surface area contributed by atoms with E-state index in [1.807, 2.05) is 48.5 Å². The molecule has 180 valence electrons. The zero-order valence-corrected chi connectivity index (χ0v) is 19.3. The highest BCUT2D eigenvalue weighted by molar-refractivity contribution is 5.97. The number of fused-ring (bicyclic) bond motifs is 3. The standard InChI is InChI=1S/C27H25FN2O5/c1-27(2,14-23(31)32)30-25(33)20-12-7-13-22(24(20)28)29-26(34)35-15-21-18-10-5-3-8-16(18)17-9-4-6-11-19(17)21/h3-13,21H,14-15H2,1-2H3,(H,29,34)(H,30,33)(H,31,32). The summed E-state index contributed by atoms with van der Waals surface area (Å²) in [7, 11) is 0. The van der Waals surface area contributed by atoms with E-state index in [0.29, 0.717) is 0 Å². The zero-order chi connectivity index (χ0) is 25.2. The van der Waals surface area contributed by atoms with Crippen LogP contribution in [0.3, 0.4) is 0 Å². The fraction of sp³-hybridized carbons (Fsp3) is 0.222. The molecule has 0 bridgehead atoms. The van der Waals surface area contributed by atoms with Gasteiger partial charge in [-0.3, -0.25) is 14.9 Å². The molecule has 3 aromatic carbocycles. The Hall–Kier alpha value is -4.20. The second-order valence-electron chi connectivity index (χ2n) is 9.03. The number of carbonyl (C=O) groups excluding carboxylic acids is 2. The van der Waals surface area contributed by atoms with Crippen molar-refractivity contribution in [2.24, 2.45) is 0 Å². The summed E-state index contributed by atoms with van der Waals surface area (Å²) in [5.74, 6) is -2.97. The number of nitrogens with one attached hydrogen (secondary N) is 2. The predicted octanol–water partition coefficient (Wildman–Crippen LogP) is 5.17. The monoisotopic (exact) mass is 476 g/mol. The number of aliphatic carboxylic acids is 1. The molecule has 0 fully saturated rings. The molecule has 0 radical (unpaired) electrons. The first-order valence-corrected chi connectivity index (χ1v) is 11.1. The molecule has 1 aliphatic rings. The number of carbonyl (C=O) groups is 3. The number of carboxylic acid groups (broad SMARTS) is 1. The fourth-order valence-corrected chi connectivity index (χ4v) is 4.35. The van der Waals surface area contributed by atoms with Crippen molar-refractivity contribution in [3.8, 4) is 11.1 Å². The summed E-state index contributed by atoms with van der Waals surface area (Å²) in [5, 5.41) is 13.8. The van der Waals surface area contributed by atoms with Crippen LogP contribution in [0.15, 0.2) is 66.7 Å². The Morgan fingerprint density at radius 1 is 0.943 bits per heavy atom. The molecule has 8 heteroatoms. The van der Waals surface area contributed by atoms with E-state index >= 15 is 4.39 Å². The highest BCUT2D eigenvalue weighted by atomic mass is 19.1. The zero-order valence-electron chi connectivity index (χ0n) is 19.3. The summed E-state index contributed by atoms with van der Waals surface area (Å²) < 4.78 is 20.4. The lowest BCUT2D eigenvalue weighted by Crippen LogP contribution is -2.45. The molecular formula is C27H25FN2O5. The Labute approximate surface area is 201 Å². The van der Waals surface area contributed by atoms with Gasteiger partial charge in [0.05, 0.1) is 17.7 Å². The first kappa shape index (κ1) is 23.9. The Morgan fingerprint density at radius 3 is 2.14 bits per heavy atom. The van der Waals surface area contributed by atoms with Gasteiger partial charge in [0.15, 0.2) is 5.82 Å². The summed E-state index contributed by atoms with van der Waals surface area (Å²) in [6.07, 6.45) is -1.19. The molecule has 0 aromatic heterocycles. The minimum absolute atomic E-state index is 0.0605. The van der Waals surface area contributed by atoms with Gasteiger partial charge in [-0.15, -0.1) is 0 Å². The van der Waals surface area contributed by atoms with Gasteiger partial charge in [-0.25, -0.2) is 9.18 Å². The Bertz CT molecular complexity index is 1260. The number of anilines is 1. The molecule has 0 unspecified atom stereocenters. The summed E-state index contributed by atoms with van der Waals surface area (Å²) >= 11 is 0. The van der Waals surface area contributed by atoms with Crippen LogP contribution in [0.4, 0.5) is 14.9 Å². The molecule has 3 N–H and O–H groups in total. The van der Waals surface area contributed by atoms with Crippen LogP contribution < -0.4 is 10.6 Å². The van der Waals surface area contributed by atoms with Crippen molar-refractivity contribution in [1.82, 2.24) is 5.32 Å². The molecule has 3 aromatic rings. The summed E-state index contributed by atoms with van der Waals surface area (Å²) in [5.41, 5.74) is 2.66. The normalized spacial score (nSPS) is 12.4. The average Bonchev–Trinajstić information content (AvgIpc) is 3.11. The Kier molecular flexibility index (Phi) is 6.55. The van der Waals surface area contributed by atoms with Crippen LogP contribution in [0, 0.1) is 5.82 Å². The number of amides is 2. The smallest absolute Gasteiger partial charge is 0.411 e. The SMILES string of the molecule is CC(C)(CC(=O)O)NC(=O)c1cccc(NC(=O)OCC2c3ccccc3-c3ccccc32)c1F. The average molecular weight is 477 g/mol. The number of hydrogen-bond acceptors (Lipinski definition) is 4. The molecule has 0 atom stereocenters. The minimum atomic E-state index is -1.10. The molecule has 4 rings (SSSR count). The molecule has 0 saturated carbocycles. The quantitative estimate of drug-likeness (QED) is 0.436. The first-order valence-electron chi connectivity index (χ1n) is 11.1. The molecular weight excluding hydrogens is 451 g/mol. The number of rotatable bonds is 7. The molecule has 0 heterocycles. The lowest BCUT2D eigenvalue weighted by atomic mass is 9.98. The van der Waals surface area contributed by atoms with Gasteiger partial charge in [-0.2, -0.15) is 0 Å². The van der Waals surface area contributed by atoms with Crippen LogP contribution in [0.25, 0.3) is 11.1 Å². The van der Waals surface area contributed by atoms with Gasteiger partial charge < -0.3 is 15.2 Å². The van der Waals surface area contributed by atoms with Crippen LogP contribution in [-0.2, 0) is 9.53 Å². The van der Waals surface area contributed by atoms with Crippen molar-refractivity contribution in [1.29, 1.82) is 0 Å². The summed E-state index contributed by atoms with van der Waals surface area (Å²) in [6.45, 7) is 3.11. The molecule has 1 aliphatic carbocycles. The van der Waals surface area contributed by atoms with Crippen LogP contribution in [-0.4, -0.2) is 35.2 Å². The molecule has 7 nitrogen and oxygen atoms in total. The summed E-state index contributed by atoms with van der Waals surface area (Å²) in [6, 6.07) is 19.8. The van der Waals surface area contributed by atoms with Gasteiger partial charge in [0.2, 0.25) is 0 Å². The molecule has 2 amide bonds. The minimum Gasteiger partial charge on any atom is -0.481 e. The van der Waals surface area contributed by atoms with E-state index in [4.69, 9.17) is 9.84 Å². The lowest BCUT2D eigenvalue weighted by Gasteiger charge is -2.24. The lowest BCUT2D eigenvalue weighted by molar-refractivity contribution is -0.138. The number of hydrogen-bond donors (Lipinski definition) is 3. The van der Waals surface area contributed by atoms with Crippen molar-refractivity contribution in [3.63, 3.8) is 0 Å². The van der Waals surface area contributed by atoms with Gasteiger partial charge in [0.1, 0.15) is 6.61 Å². The van der Waals surface area contributed by atoms with Gasteiger partial charge in [-0.1, -0.05) is 54.6 Å². The second kappa shape index (κ2) is 9.58. The van der Waals surface area contributed by atoms with Crippen molar-refractivity contribution in [2.75, 3.05) is 11.9 Å². The maximum atomic E-state index is 15.0. The van der Waals surface area contributed by atoms with E-state index in [-0.39, 0.29) is 30.2 Å². The van der Waals surface area contributed by atoms with E-state index in [1.165, 1.54) is 32.0 Å². The third kappa shape index (κ3) is 5.16. The van der Waals surface area contributed by atoms with Gasteiger partial charge in [0.25, 0.3) is 5.91 Å². The number of ether oxygens (including phenoxy) is 1. The molecule has 0 aliphatic heterocycles. The van der Waals surface area contributed by atoms with E-state index in [9.17, 15) is 14.4 Å². The Morgan fingerprint density at radius 2 is 1.54 bits per heavy atom. The van der Waals surface area contributed by atoms with Crippen LogP contribution in [0.2, 0.25) is 0 Å². The highest BCUT2D eigenvalue weighted by Crippen LogP contribution is 2.44. The van der Waals surface area contributed by atoms with Crippen LogP contribution >= 0.6 is 0 Å². The van der Waals surface area contributed by atoms with Gasteiger partial charge in [-0.05, 0) is 48.2 Å². The van der Waals surface area contributed by atoms with E-state index in [2.05, 4.69) is 10.6 Å². The predicted molar refractivity (Wildman–Crippen MR) is 129 cm³/mol. The third-order valence-electron chi connectivity index (χ3n) is 5.87. The highest BCUT2D eigenvalue weighted by Gasteiger charge is 2.30. The van der Waals surface area contributed by atoms with Gasteiger partial charge in [0, 0.05) is 11.5 Å². The van der Waals surface area contributed by atoms with E-state index in [1.54, 1.807) is 0 Å². The maximum absolute atomic E-state index is 15.0.